The Hall–Kier alpha value is -2.36. The quantitative estimate of drug-likeness (QED) is 0.143. The molecule has 0 aliphatic carbocycles. The zero-order valence-corrected chi connectivity index (χ0v) is 19.8. The Morgan fingerprint density at radius 2 is 1.94 bits per heavy atom. The number of amides is 1. The van der Waals surface area contributed by atoms with Gasteiger partial charge in [-0.25, -0.2) is 0 Å². The number of halogens is 1. The van der Waals surface area contributed by atoms with Gasteiger partial charge in [0.2, 0.25) is 0 Å². The second kappa shape index (κ2) is 13.2. The first-order valence-corrected chi connectivity index (χ1v) is 12.3. The molecule has 1 amide bonds. The van der Waals surface area contributed by atoms with Gasteiger partial charge in [-0.3, -0.25) is 29.2 Å². The number of unbranched alkanes of at least 4 members (excludes halogenated alkanes) is 1. The van der Waals surface area contributed by atoms with Crippen molar-refractivity contribution < 1.29 is 32.3 Å². The molecule has 0 unspecified atom stereocenters. The van der Waals surface area contributed by atoms with E-state index in [9.17, 15) is 33.4 Å². The van der Waals surface area contributed by atoms with Crippen molar-refractivity contribution >= 4 is 49.0 Å². The van der Waals surface area contributed by atoms with Crippen LogP contribution in [0.2, 0.25) is 0 Å². The smallest absolute Gasteiger partial charge is 0.300 e. The predicted molar refractivity (Wildman–Crippen MR) is 120 cm³/mol. The van der Waals surface area contributed by atoms with E-state index in [0.29, 0.717) is 18.2 Å². The maximum absolute atomic E-state index is 12.6. The van der Waals surface area contributed by atoms with Crippen molar-refractivity contribution in [2.45, 2.75) is 19.8 Å². The first-order chi connectivity index (χ1) is 15.1. The fourth-order valence-corrected chi connectivity index (χ4v) is 4.23. The zero-order chi connectivity index (χ0) is 24.3. The largest absolute Gasteiger partial charge is 0.395 e. The highest BCUT2D eigenvalue weighted by Crippen LogP contribution is 2.36. The van der Waals surface area contributed by atoms with Crippen LogP contribution in [-0.4, -0.2) is 73.2 Å². The number of non-ortho nitro benzene ring substituents is 1. The van der Waals surface area contributed by atoms with Crippen molar-refractivity contribution in [2.24, 2.45) is 0 Å². The number of rotatable bonds is 15. The van der Waals surface area contributed by atoms with E-state index in [4.69, 9.17) is 9.29 Å². The van der Waals surface area contributed by atoms with Gasteiger partial charge in [-0.15, -0.1) is 0 Å². The Bertz CT molecular complexity index is 927. The van der Waals surface area contributed by atoms with Gasteiger partial charge >= 0.3 is 0 Å². The van der Waals surface area contributed by atoms with Crippen LogP contribution in [0.15, 0.2) is 12.1 Å². The molecule has 1 aromatic carbocycles. The average Bonchev–Trinajstić information content (AvgIpc) is 2.74. The van der Waals surface area contributed by atoms with E-state index in [2.05, 4.69) is 21.2 Å². The van der Waals surface area contributed by atoms with Crippen LogP contribution in [0.25, 0.3) is 0 Å². The van der Waals surface area contributed by atoms with Crippen LogP contribution in [0.1, 0.15) is 30.1 Å². The number of alkyl halides is 1. The number of nitro groups is 2. The summed E-state index contributed by atoms with van der Waals surface area (Å²) in [5.74, 6) is -1.04. The first kappa shape index (κ1) is 27.7. The summed E-state index contributed by atoms with van der Waals surface area (Å²) in [4.78, 5) is 35.2. The number of hydrogen-bond acceptors (Lipinski definition) is 10. The van der Waals surface area contributed by atoms with Crippen molar-refractivity contribution in [3.05, 3.63) is 37.9 Å². The Kier molecular flexibility index (Phi) is 11.5. The average molecular weight is 541 g/mol. The highest BCUT2D eigenvalue weighted by Gasteiger charge is 2.31. The van der Waals surface area contributed by atoms with Crippen LogP contribution >= 0.6 is 15.9 Å². The summed E-state index contributed by atoms with van der Waals surface area (Å²) in [7, 11) is -3.79. The summed E-state index contributed by atoms with van der Waals surface area (Å²) in [6, 6.07) is 1.63. The summed E-state index contributed by atoms with van der Waals surface area (Å²) < 4.78 is 28.8. The fraction of sp³-hybridized carbons (Fsp3) is 0.588. The molecule has 0 saturated carbocycles. The summed E-state index contributed by atoms with van der Waals surface area (Å²) in [5.41, 5.74) is -1.92. The number of carbonyl (C=O) groups is 1. The molecule has 0 spiro atoms. The molecule has 1 rings (SSSR count). The van der Waals surface area contributed by atoms with E-state index in [1.54, 1.807) is 0 Å². The third-order valence-electron chi connectivity index (χ3n) is 4.17. The van der Waals surface area contributed by atoms with Gasteiger partial charge in [0, 0.05) is 31.0 Å². The van der Waals surface area contributed by atoms with Crippen LogP contribution in [0, 0.1) is 20.2 Å². The third-order valence-corrected chi connectivity index (χ3v) is 5.84. The Morgan fingerprint density at radius 1 is 1.25 bits per heavy atom. The van der Waals surface area contributed by atoms with Crippen LogP contribution in [0.5, 0.6) is 0 Å². The Labute approximate surface area is 193 Å². The summed E-state index contributed by atoms with van der Waals surface area (Å²) in [6.45, 7) is 0.862. The normalized spacial score (nSPS) is 11.2. The van der Waals surface area contributed by atoms with Gasteiger partial charge in [0.05, 0.1) is 40.4 Å². The molecule has 0 saturated heterocycles. The van der Waals surface area contributed by atoms with Crippen molar-refractivity contribution in [2.75, 3.05) is 48.8 Å². The van der Waals surface area contributed by atoms with Gasteiger partial charge in [0.1, 0.15) is 5.69 Å². The minimum atomic E-state index is -3.79. The predicted octanol–water partition coefficient (Wildman–Crippen LogP) is 1.57. The van der Waals surface area contributed by atoms with Crippen LogP contribution in [-0.2, 0) is 14.3 Å². The second-order valence-electron chi connectivity index (χ2n) is 6.47. The van der Waals surface area contributed by atoms with Crippen LogP contribution in [0.4, 0.5) is 17.1 Å². The summed E-state index contributed by atoms with van der Waals surface area (Å²) in [6.07, 6.45) is 1.07. The standard InChI is InChI=1S/C17H25BrN4O9S/c1-2-3-10-32(29,30)31-9-7-20(6-4-18)16-14(17(24)19-5-8-23)11-13(21(25)26)12-15(16)22(27)28/h11-12,23H,2-10H2,1H3,(H,19,24). The number of aliphatic hydroxyl groups is 1. The molecule has 0 radical (unpaired) electrons. The number of nitrogens with zero attached hydrogens (tertiary/aromatic N) is 3. The minimum Gasteiger partial charge on any atom is -0.395 e. The lowest BCUT2D eigenvalue weighted by Gasteiger charge is -2.25. The topological polar surface area (TPSA) is 182 Å². The van der Waals surface area contributed by atoms with Gasteiger partial charge < -0.3 is 15.3 Å². The molecule has 1 aromatic rings. The number of carbonyl (C=O) groups excluding carboxylic acids is 1. The van der Waals surface area contributed by atoms with Crippen molar-refractivity contribution in [1.29, 1.82) is 0 Å². The van der Waals surface area contributed by atoms with E-state index < -0.39 is 43.9 Å². The number of benzene rings is 1. The molecule has 0 fully saturated rings. The maximum atomic E-state index is 12.6. The number of nitro benzene ring substituents is 2. The SMILES string of the molecule is CCCCS(=O)(=O)OCCN(CCBr)c1c(C(=O)NCCO)cc([N+](=O)[O-])cc1[N+](=O)[O-]. The van der Waals surface area contributed by atoms with Crippen molar-refractivity contribution in [3.63, 3.8) is 0 Å². The second-order valence-corrected chi connectivity index (χ2v) is 9.02. The Balaban J connectivity index is 3.41. The van der Waals surface area contributed by atoms with E-state index in [-0.39, 0.29) is 43.2 Å². The van der Waals surface area contributed by atoms with Gasteiger partial charge in [-0.05, 0) is 6.42 Å². The fourth-order valence-electron chi connectivity index (χ4n) is 2.71. The van der Waals surface area contributed by atoms with Gasteiger partial charge in [0.15, 0.2) is 0 Å². The first-order valence-electron chi connectivity index (χ1n) is 9.61. The third kappa shape index (κ3) is 8.29. The number of aliphatic hydroxyl groups excluding tert-OH is 1. The van der Waals surface area contributed by atoms with Crippen molar-refractivity contribution in [3.8, 4) is 0 Å². The molecule has 13 nitrogen and oxygen atoms in total. The van der Waals surface area contributed by atoms with Crippen LogP contribution in [0.3, 0.4) is 0 Å². The summed E-state index contributed by atoms with van der Waals surface area (Å²) in [5, 5.41) is 34.5. The van der Waals surface area contributed by atoms with Gasteiger partial charge in [-0.1, -0.05) is 29.3 Å². The molecular formula is C17H25BrN4O9S. The molecular weight excluding hydrogens is 516 g/mol. The van der Waals surface area contributed by atoms with Crippen LogP contribution < -0.4 is 10.2 Å². The summed E-state index contributed by atoms with van der Waals surface area (Å²) >= 11 is 3.20. The molecule has 15 heteroatoms. The zero-order valence-electron chi connectivity index (χ0n) is 17.4. The van der Waals surface area contributed by atoms with E-state index in [1.807, 2.05) is 6.92 Å². The van der Waals surface area contributed by atoms with Crippen molar-refractivity contribution in [1.82, 2.24) is 5.32 Å². The molecule has 180 valence electrons. The molecule has 0 aliphatic rings. The highest BCUT2D eigenvalue weighted by molar-refractivity contribution is 9.09. The number of hydrogen-bond donors (Lipinski definition) is 2. The van der Waals surface area contributed by atoms with Gasteiger partial charge in [-0.2, -0.15) is 8.42 Å². The highest BCUT2D eigenvalue weighted by atomic mass is 79.9. The lowest BCUT2D eigenvalue weighted by atomic mass is 10.1. The molecule has 0 atom stereocenters. The monoisotopic (exact) mass is 540 g/mol. The molecule has 32 heavy (non-hydrogen) atoms. The number of nitrogens with one attached hydrogen (secondary N) is 1. The minimum absolute atomic E-state index is 0.108. The molecule has 0 aromatic heterocycles. The lowest BCUT2D eigenvalue weighted by molar-refractivity contribution is -0.393. The van der Waals surface area contributed by atoms with E-state index in [0.717, 1.165) is 12.1 Å². The molecule has 2 N–H and O–H groups in total. The Morgan fingerprint density at radius 3 is 2.47 bits per heavy atom. The molecule has 0 aliphatic heterocycles. The molecule has 0 bridgehead atoms. The van der Waals surface area contributed by atoms with E-state index in [1.165, 1.54) is 4.90 Å². The number of anilines is 1. The maximum Gasteiger partial charge on any atom is 0.300 e. The lowest BCUT2D eigenvalue weighted by Crippen LogP contribution is -2.34. The van der Waals surface area contributed by atoms with Gasteiger partial charge in [0.25, 0.3) is 27.4 Å². The molecule has 0 heterocycles. The van der Waals surface area contributed by atoms with E-state index >= 15 is 0 Å².